The largest absolute Gasteiger partial charge is 0.388 e. The summed E-state index contributed by atoms with van der Waals surface area (Å²) in [5.74, 6) is 0.605. The Kier molecular flexibility index (Phi) is 4.06. The Morgan fingerprint density at radius 1 is 1.37 bits per heavy atom. The summed E-state index contributed by atoms with van der Waals surface area (Å²) in [6.07, 6.45) is 0. The van der Waals surface area contributed by atoms with Crippen molar-refractivity contribution in [3.8, 4) is 0 Å². The van der Waals surface area contributed by atoms with E-state index in [9.17, 15) is 0 Å². The van der Waals surface area contributed by atoms with E-state index >= 15 is 0 Å². The molecule has 19 heavy (non-hydrogen) atoms. The van der Waals surface area contributed by atoms with Crippen LogP contribution in [0.3, 0.4) is 0 Å². The highest BCUT2D eigenvalue weighted by Crippen LogP contribution is 2.14. The van der Waals surface area contributed by atoms with Crippen molar-refractivity contribution in [1.82, 2.24) is 15.0 Å². The summed E-state index contributed by atoms with van der Waals surface area (Å²) < 4.78 is 0. The summed E-state index contributed by atoms with van der Waals surface area (Å²) in [4.78, 5) is 15.4. The Hall–Kier alpha value is -1.60. The van der Waals surface area contributed by atoms with Gasteiger partial charge in [-0.15, -0.1) is 11.3 Å². The lowest BCUT2D eigenvalue weighted by molar-refractivity contribution is 0.837. The first-order chi connectivity index (χ1) is 8.95. The lowest BCUT2D eigenvalue weighted by Crippen LogP contribution is -2.22. The van der Waals surface area contributed by atoms with Gasteiger partial charge in [-0.2, -0.15) is 0 Å². The maximum absolute atomic E-state index is 5.62. The quantitative estimate of drug-likeness (QED) is 0.867. The molecule has 0 aliphatic heterocycles. The Morgan fingerprint density at radius 3 is 2.68 bits per heavy atom. The number of hydrogen-bond donors (Lipinski definition) is 1. The highest BCUT2D eigenvalue weighted by Gasteiger charge is 2.10. The molecule has 100 valence electrons. The second-order valence-corrected chi connectivity index (χ2v) is 5.77. The SMILES string of the molecule is Cc1cc(C(N)=S)nc(N(C)Cc2csc(C)n2)n1. The van der Waals surface area contributed by atoms with Gasteiger partial charge in [0.15, 0.2) is 0 Å². The van der Waals surface area contributed by atoms with Gasteiger partial charge in [0.2, 0.25) is 5.95 Å². The maximum Gasteiger partial charge on any atom is 0.226 e. The molecule has 0 radical (unpaired) electrons. The molecule has 5 nitrogen and oxygen atoms in total. The third-order valence-corrected chi connectivity index (χ3v) is 3.53. The van der Waals surface area contributed by atoms with Crippen LogP contribution in [-0.4, -0.2) is 27.0 Å². The summed E-state index contributed by atoms with van der Waals surface area (Å²) in [6.45, 7) is 4.54. The van der Waals surface area contributed by atoms with Crippen molar-refractivity contribution in [2.45, 2.75) is 20.4 Å². The maximum atomic E-state index is 5.62. The van der Waals surface area contributed by atoms with Crippen LogP contribution in [-0.2, 0) is 6.54 Å². The van der Waals surface area contributed by atoms with Gasteiger partial charge in [0.25, 0.3) is 0 Å². The van der Waals surface area contributed by atoms with Crippen LogP contribution in [0, 0.1) is 13.8 Å². The first-order valence-corrected chi connectivity index (χ1v) is 7.02. The predicted octanol–water partition coefficient (Wildman–Crippen LogP) is 1.82. The zero-order valence-electron chi connectivity index (χ0n) is 11.0. The van der Waals surface area contributed by atoms with E-state index < -0.39 is 0 Å². The van der Waals surface area contributed by atoms with Gasteiger partial charge in [-0.05, 0) is 19.9 Å². The molecule has 0 unspecified atom stereocenters. The van der Waals surface area contributed by atoms with Crippen LogP contribution in [0.15, 0.2) is 11.4 Å². The standard InChI is InChI=1S/C12H15N5S2/c1-7-4-10(11(13)18)16-12(14-7)17(3)5-9-6-19-8(2)15-9/h4,6H,5H2,1-3H3,(H2,13,18). The topological polar surface area (TPSA) is 67.9 Å². The fourth-order valence-electron chi connectivity index (χ4n) is 1.64. The van der Waals surface area contributed by atoms with Gasteiger partial charge in [0.05, 0.1) is 17.2 Å². The van der Waals surface area contributed by atoms with Gasteiger partial charge in [-0.25, -0.2) is 15.0 Å². The molecule has 0 spiro atoms. The molecule has 0 atom stereocenters. The van der Waals surface area contributed by atoms with E-state index in [-0.39, 0.29) is 4.99 Å². The van der Waals surface area contributed by atoms with Gasteiger partial charge < -0.3 is 10.6 Å². The minimum Gasteiger partial charge on any atom is -0.388 e. The molecule has 0 aliphatic rings. The zero-order valence-corrected chi connectivity index (χ0v) is 12.7. The van der Waals surface area contributed by atoms with Gasteiger partial charge in [-0.3, -0.25) is 0 Å². The van der Waals surface area contributed by atoms with E-state index in [0.717, 1.165) is 16.4 Å². The molecule has 7 heteroatoms. The molecule has 2 N–H and O–H groups in total. The average Bonchev–Trinajstić information content (AvgIpc) is 2.73. The van der Waals surface area contributed by atoms with Crippen LogP contribution in [0.5, 0.6) is 0 Å². The van der Waals surface area contributed by atoms with Crippen LogP contribution in [0.1, 0.15) is 22.1 Å². The number of nitrogens with zero attached hydrogens (tertiary/aromatic N) is 4. The molecule has 0 fully saturated rings. The molecule has 0 aromatic carbocycles. The summed E-state index contributed by atoms with van der Waals surface area (Å²) >= 11 is 6.59. The highest BCUT2D eigenvalue weighted by atomic mass is 32.1. The van der Waals surface area contributed by atoms with Crippen molar-refractivity contribution >= 4 is 34.5 Å². The number of aryl methyl sites for hydroxylation is 2. The fourth-order valence-corrected chi connectivity index (χ4v) is 2.35. The Labute approximate surface area is 121 Å². The minimum absolute atomic E-state index is 0.282. The monoisotopic (exact) mass is 293 g/mol. The number of aromatic nitrogens is 3. The first kappa shape index (κ1) is 13.8. The molecular weight excluding hydrogens is 278 g/mol. The molecule has 2 heterocycles. The number of hydrogen-bond acceptors (Lipinski definition) is 6. The van der Waals surface area contributed by atoms with Gasteiger partial charge in [0.1, 0.15) is 10.7 Å². The van der Waals surface area contributed by atoms with Crippen LogP contribution >= 0.6 is 23.6 Å². The van der Waals surface area contributed by atoms with E-state index in [1.54, 1.807) is 17.4 Å². The van der Waals surface area contributed by atoms with E-state index in [4.69, 9.17) is 18.0 Å². The molecule has 0 bridgehead atoms. The van der Waals surface area contributed by atoms with Crippen molar-refractivity contribution in [2.24, 2.45) is 5.73 Å². The van der Waals surface area contributed by atoms with Crippen molar-refractivity contribution < 1.29 is 0 Å². The first-order valence-electron chi connectivity index (χ1n) is 5.73. The van der Waals surface area contributed by atoms with E-state index in [1.165, 1.54) is 0 Å². The van der Waals surface area contributed by atoms with E-state index in [1.807, 2.05) is 31.2 Å². The summed E-state index contributed by atoms with van der Waals surface area (Å²) in [7, 11) is 1.92. The predicted molar refractivity (Wildman–Crippen MR) is 81.6 cm³/mol. The van der Waals surface area contributed by atoms with Crippen molar-refractivity contribution in [3.63, 3.8) is 0 Å². The Bertz CT molecular complexity index is 608. The van der Waals surface area contributed by atoms with Crippen molar-refractivity contribution in [3.05, 3.63) is 33.5 Å². The number of nitrogens with two attached hydrogens (primary N) is 1. The molecule has 2 rings (SSSR count). The van der Waals surface area contributed by atoms with Crippen molar-refractivity contribution in [1.29, 1.82) is 0 Å². The third-order valence-electron chi connectivity index (χ3n) is 2.50. The number of thiazole rings is 1. The Balaban J connectivity index is 2.23. The molecule has 0 aliphatic carbocycles. The molecule has 2 aromatic heterocycles. The summed E-state index contributed by atoms with van der Waals surface area (Å²) in [6, 6.07) is 1.78. The van der Waals surface area contributed by atoms with Crippen LogP contribution < -0.4 is 10.6 Å². The van der Waals surface area contributed by atoms with Gasteiger partial charge in [-0.1, -0.05) is 12.2 Å². The minimum atomic E-state index is 0.282. The Morgan fingerprint density at radius 2 is 2.11 bits per heavy atom. The van der Waals surface area contributed by atoms with E-state index in [0.29, 0.717) is 18.2 Å². The number of rotatable bonds is 4. The fraction of sp³-hybridized carbons (Fsp3) is 0.333. The molecular formula is C12H15N5S2. The highest BCUT2D eigenvalue weighted by molar-refractivity contribution is 7.80. The smallest absolute Gasteiger partial charge is 0.226 e. The second-order valence-electron chi connectivity index (χ2n) is 4.27. The van der Waals surface area contributed by atoms with Crippen LogP contribution in [0.25, 0.3) is 0 Å². The second kappa shape index (κ2) is 5.58. The molecule has 2 aromatic rings. The normalized spacial score (nSPS) is 10.5. The van der Waals surface area contributed by atoms with Crippen LogP contribution in [0.2, 0.25) is 0 Å². The number of thiocarbonyl (C=S) groups is 1. The molecule has 0 saturated heterocycles. The lowest BCUT2D eigenvalue weighted by Gasteiger charge is -2.16. The van der Waals surface area contributed by atoms with Gasteiger partial charge in [0, 0.05) is 18.1 Å². The summed E-state index contributed by atoms with van der Waals surface area (Å²) in [5, 5.41) is 3.09. The summed E-state index contributed by atoms with van der Waals surface area (Å²) in [5.41, 5.74) is 8.06. The number of anilines is 1. The average molecular weight is 293 g/mol. The van der Waals surface area contributed by atoms with Gasteiger partial charge >= 0.3 is 0 Å². The van der Waals surface area contributed by atoms with E-state index in [2.05, 4.69) is 15.0 Å². The molecule has 0 amide bonds. The zero-order chi connectivity index (χ0) is 14.0. The third kappa shape index (κ3) is 3.45. The lowest BCUT2D eigenvalue weighted by atomic mass is 10.3. The van der Waals surface area contributed by atoms with Crippen LogP contribution in [0.4, 0.5) is 5.95 Å². The van der Waals surface area contributed by atoms with Crippen molar-refractivity contribution in [2.75, 3.05) is 11.9 Å². The molecule has 0 saturated carbocycles.